The predicted octanol–water partition coefficient (Wildman–Crippen LogP) is 6.11. The summed E-state index contributed by atoms with van der Waals surface area (Å²) in [6.45, 7) is 1.67. The van der Waals surface area contributed by atoms with Gasteiger partial charge in [0.2, 0.25) is 0 Å². The number of rotatable bonds is 8. The van der Waals surface area contributed by atoms with E-state index in [0.717, 1.165) is 25.9 Å². The van der Waals surface area contributed by atoms with Crippen LogP contribution in [0.3, 0.4) is 0 Å². The first-order chi connectivity index (χ1) is 22.9. The number of hydrogen-bond donors (Lipinski definition) is 10. The Morgan fingerprint density at radius 1 is 1.02 bits per heavy atom. The number of carbonyl (C=O) groups excluding carboxylic acids is 1. The molecule has 5 rings (SSSR count). The lowest BCUT2D eigenvalue weighted by atomic mass is 10.1. The molecular weight excluding hydrogens is 818 g/mol. The zero-order valence-electron chi connectivity index (χ0n) is 25.8. The first kappa shape index (κ1) is 39.8. The van der Waals surface area contributed by atoms with Crippen molar-refractivity contribution in [1.29, 1.82) is 0 Å². The highest BCUT2D eigenvalue weighted by Gasteiger charge is 2.81. The van der Waals surface area contributed by atoms with Crippen molar-refractivity contribution in [3.63, 3.8) is 0 Å². The summed E-state index contributed by atoms with van der Waals surface area (Å²) in [7, 11) is 2.05. The van der Waals surface area contributed by atoms with Crippen LogP contribution in [-0.2, 0) is 11.3 Å². The molecule has 0 radical (unpaired) electrons. The first-order valence-electron chi connectivity index (χ1n) is 14.6. The van der Waals surface area contributed by atoms with Crippen LogP contribution in [0.1, 0.15) is 24.1 Å². The van der Waals surface area contributed by atoms with Crippen molar-refractivity contribution in [2.45, 2.75) is 51.0 Å². The summed E-state index contributed by atoms with van der Waals surface area (Å²) in [4.78, 5) is 23.2. The fraction of sp³-hybridized carbons (Fsp3) is 0.433. The molecule has 1 aliphatic heterocycles. The minimum Gasteiger partial charge on any atom is -0.487 e. The maximum absolute atomic E-state index is 15.0. The number of alkyl carbamates (subject to hydrolysis) is 1. The largest absolute Gasteiger partial charge is 0.487 e. The van der Waals surface area contributed by atoms with E-state index in [1.165, 1.54) is 23.9 Å². The molecule has 1 amide bonds. The normalized spacial score (nSPS) is 20.6. The Bertz CT molecular complexity index is 1710. The standard InChI is InChI=1S/C30H34FN5O3S10/c1-35-11-8-19(9-12-35)34-25(37)38-13-3-4-18-6-7-22(14-23(18)31)39-17-21-16-33-24(36(21)20-5-2-10-32-15-20)49-30(48)28(44,45)26(40,41)27(42,43)29(30,46)47/h2,5-7,10,14-16,19,40-48H,8-9,11-13,17H2,1H3,(H,34,37). The topological polar surface area (TPSA) is 81.5 Å². The van der Waals surface area contributed by atoms with E-state index < -0.39 is 32.3 Å². The second-order valence-electron chi connectivity index (χ2n) is 11.5. The van der Waals surface area contributed by atoms with E-state index in [-0.39, 0.29) is 30.6 Å². The molecule has 0 atom stereocenters. The molecule has 0 unspecified atom stereocenters. The molecule has 19 heteroatoms. The molecule has 2 aliphatic rings. The second kappa shape index (κ2) is 15.5. The highest BCUT2D eigenvalue weighted by Crippen LogP contribution is 2.78. The van der Waals surface area contributed by atoms with Crippen LogP contribution in [0.2, 0.25) is 0 Å². The number of thioether (sulfide) groups is 1. The number of likely N-dealkylation sites (tertiary alicyclic amines) is 1. The molecule has 1 aliphatic carbocycles. The lowest BCUT2D eigenvalue weighted by Gasteiger charge is -2.43. The van der Waals surface area contributed by atoms with Crippen LogP contribution in [0.5, 0.6) is 5.75 Å². The van der Waals surface area contributed by atoms with Gasteiger partial charge < -0.3 is 19.7 Å². The van der Waals surface area contributed by atoms with Gasteiger partial charge >= 0.3 is 6.09 Å². The number of aromatic nitrogens is 3. The molecule has 0 spiro atoms. The van der Waals surface area contributed by atoms with Crippen molar-refractivity contribution in [2.24, 2.45) is 0 Å². The Hall–Kier alpha value is -0.400. The van der Waals surface area contributed by atoms with Crippen molar-refractivity contribution in [1.82, 2.24) is 24.8 Å². The molecule has 1 aromatic carbocycles. The molecule has 2 fully saturated rings. The molecule has 0 bridgehead atoms. The van der Waals surface area contributed by atoms with Gasteiger partial charge in [0, 0.05) is 18.3 Å². The van der Waals surface area contributed by atoms with E-state index in [1.807, 2.05) is 17.7 Å². The fourth-order valence-electron chi connectivity index (χ4n) is 5.22. The van der Waals surface area contributed by atoms with E-state index in [9.17, 15) is 9.18 Å². The summed E-state index contributed by atoms with van der Waals surface area (Å²) in [6, 6.07) is 8.05. The van der Waals surface area contributed by atoms with Crippen LogP contribution in [0, 0.1) is 17.7 Å². The number of imidazole rings is 1. The van der Waals surface area contributed by atoms with Crippen LogP contribution < -0.4 is 10.1 Å². The van der Waals surface area contributed by atoms with Crippen LogP contribution in [0.15, 0.2) is 54.1 Å². The van der Waals surface area contributed by atoms with Crippen LogP contribution in [-0.4, -0.2) is 78.7 Å². The quantitative estimate of drug-likeness (QED) is 0.0762. The van der Waals surface area contributed by atoms with Gasteiger partial charge in [-0.05, 0) is 57.2 Å². The van der Waals surface area contributed by atoms with Gasteiger partial charge in [-0.1, -0.05) is 23.6 Å². The Labute approximate surface area is 339 Å². The maximum atomic E-state index is 15.0. The summed E-state index contributed by atoms with van der Waals surface area (Å²) in [5.41, 5.74) is 1.43. The van der Waals surface area contributed by atoms with E-state index >= 15 is 0 Å². The number of hydrogen-bond acceptors (Lipinski definition) is 16. The number of halogens is 1. The van der Waals surface area contributed by atoms with Gasteiger partial charge in [-0.3, -0.25) is 9.55 Å². The van der Waals surface area contributed by atoms with Gasteiger partial charge in [0.1, 0.15) is 38.6 Å². The van der Waals surface area contributed by atoms with Crippen molar-refractivity contribution in [3.8, 4) is 23.3 Å². The van der Waals surface area contributed by atoms with Gasteiger partial charge in [-0.15, -0.1) is 0 Å². The Balaban J connectivity index is 1.29. The number of nitrogens with one attached hydrogen (secondary N) is 1. The molecule has 1 saturated carbocycles. The molecule has 1 N–H and O–H groups in total. The number of piperidine rings is 1. The fourth-order valence-corrected chi connectivity index (χ4v) is 12.0. The molecule has 2 aromatic heterocycles. The third kappa shape index (κ3) is 7.67. The summed E-state index contributed by atoms with van der Waals surface area (Å²) >= 11 is 44.5. The first-order valence-corrected chi connectivity index (χ1v) is 19.5. The Morgan fingerprint density at radius 2 is 1.69 bits per heavy atom. The maximum Gasteiger partial charge on any atom is 0.408 e. The minimum absolute atomic E-state index is 0.0126. The zero-order valence-corrected chi connectivity index (χ0v) is 34.6. The summed E-state index contributed by atoms with van der Waals surface area (Å²) < 4.78 is 21.2. The third-order valence-corrected chi connectivity index (χ3v) is 19.3. The molecule has 264 valence electrons. The van der Waals surface area contributed by atoms with Crippen LogP contribution in [0.4, 0.5) is 9.18 Å². The van der Waals surface area contributed by atoms with E-state index in [1.54, 1.807) is 30.7 Å². The number of ether oxygens (including phenoxy) is 2. The minimum atomic E-state index is -1.37. The Kier molecular flexibility index (Phi) is 12.6. The lowest BCUT2D eigenvalue weighted by molar-refractivity contribution is 0.147. The number of amides is 1. The highest BCUT2D eigenvalue weighted by molar-refractivity contribution is 8.21. The predicted molar refractivity (Wildman–Crippen MR) is 224 cm³/mol. The van der Waals surface area contributed by atoms with E-state index in [2.05, 4.69) is 32.0 Å². The molecular formula is C30H34FN5O3S10. The SMILES string of the molecule is CN1CCC(NC(=O)OCC#Cc2ccc(OCc3cnc(SC4(S)C(S)(S)C(S)(S)C(S)(S)C4(S)S)n3-c3cccnc3)cc2F)CC1. The van der Waals surface area contributed by atoms with Gasteiger partial charge in [-0.25, -0.2) is 14.2 Å². The van der Waals surface area contributed by atoms with Crippen molar-refractivity contribution >= 4 is 132 Å². The van der Waals surface area contributed by atoms with E-state index in [0.29, 0.717) is 16.5 Å². The zero-order chi connectivity index (χ0) is 35.8. The van der Waals surface area contributed by atoms with E-state index in [4.69, 9.17) is 123 Å². The van der Waals surface area contributed by atoms with Gasteiger partial charge in [0.15, 0.2) is 11.8 Å². The number of pyridine rings is 1. The molecule has 1 saturated heterocycles. The smallest absolute Gasteiger partial charge is 0.408 e. The number of carbonyl (C=O) groups is 1. The van der Waals surface area contributed by atoms with Gasteiger partial charge in [0.25, 0.3) is 0 Å². The third-order valence-electron chi connectivity index (χ3n) is 8.22. The highest BCUT2D eigenvalue weighted by atomic mass is 32.2. The molecule has 3 aromatic rings. The lowest BCUT2D eigenvalue weighted by Crippen LogP contribution is -2.49. The number of thiol groups is 9. The Morgan fingerprint density at radius 3 is 2.31 bits per heavy atom. The van der Waals surface area contributed by atoms with Crippen molar-refractivity contribution in [3.05, 3.63) is 66.0 Å². The van der Waals surface area contributed by atoms with Crippen LogP contribution >= 0.6 is 125 Å². The monoisotopic (exact) mass is 851 g/mol. The molecule has 3 heterocycles. The molecule has 8 nitrogen and oxygen atoms in total. The van der Waals surface area contributed by atoms with Crippen molar-refractivity contribution < 1.29 is 18.7 Å². The summed E-state index contributed by atoms with van der Waals surface area (Å²) in [5, 5.41) is 3.30. The second-order valence-corrected chi connectivity index (χ2v) is 20.5. The number of nitrogens with zero attached hydrogens (tertiary/aromatic N) is 4. The van der Waals surface area contributed by atoms with Gasteiger partial charge in [0.05, 0.1) is 29.3 Å². The van der Waals surface area contributed by atoms with Crippen LogP contribution in [0.25, 0.3) is 5.69 Å². The average molecular weight is 852 g/mol. The average Bonchev–Trinajstić information content (AvgIpc) is 3.47. The molecule has 49 heavy (non-hydrogen) atoms. The summed E-state index contributed by atoms with van der Waals surface area (Å²) in [6.07, 6.45) is 6.12. The van der Waals surface area contributed by atoms with Gasteiger partial charge in [-0.2, -0.15) is 114 Å². The number of benzene rings is 1. The van der Waals surface area contributed by atoms with Crippen molar-refractivity contribution in [2.75, 3.05) is 26.7 Å². The summed E-state index contributed by atoms with van der Waals surface area (Å²) in [5.74, 6) is 5.08.